The molecule has 0 radical (unpaired) electrons. The van der Waals surface area contributed by atoms with Gasteiger partial charge < -0.3 is 10.4 Å². The van der Waals surface area contributed by atoms with Gasteiger partial charge >= 0.3 is 5.97 Å². The quantitative estimate of drug-likeness (QED) is 0.673. The molecule has 0 bridgehead atoms. The minimum absolute atomic E-state index is 0.174. The molecule has 0 aliphatic rings. The van der Waals surface area contributed by atoms with E-state index in [9.17, 15) is 18.0 Å². The number of rotatable bonds is 7. The van der Waals surface area contributed by atoms with Crippen LogP contribution in [0.4, 0.5) is 5.69 Å². The highest BCUT2D eigenvalue weighted by Gasteiger charge is 2.18. The molecule has 0 fully saturated rings. The fraction of sp³-hybridized carbons (Fsp3) is 0.263. The molecule has 27 heavy (non-hydrogen) atoms. The smallest absolute Gasteiger partial charge is 0.305 e. The first-order valence-electron chi connectivity index (χ1n) is 8.31. The zero-order chi connectivity index (χ0) is 20.2. The van der Waals surface area contributed by atoms with Crippen molar-refractivity contribution in [2.45, 2.75) is 38.1 Å². The molecule has 2 aromatic rings. The molecular formula is C19H22N2O5S. The molecule has 1 atom stereocenters. The number of hydrogen-bond donors (Lipinski definition) is 3. The van der Waals surface area contributed by atoms with Crippen molar-refractivity contribution < 1.29 is 23.1 Å². The van der Waals surface area contributed by atoms with Crippen LogP contribution >= 0.6 is 0 Å². The minimum atomic E-state index is -3.81. The van der Waals surface area contributed by atoms with E-state index in [4.69, 9.17) is 5.11 Å². The molecule has 0 saturated heterocycles. The highest BCUT2D eigenvalue weighted by atomic mass is 32.2. The average Bonchev–Trinajstić information content (AvgIpc) is 2.56. The molecule has 0 aliphatic carbocycles. The normalized spacial score (nSPS) is 12.3. The third-order valence-electron chi connectivity index (χ3n) is 3.87. The summed E-state index contributed by atoms with van der Waals surface area (Å²) in [6, 6.07) is 10.6. The van der Waals surface area contributed by atoms with Crippen molar-refractivity contribution in [3.63, 3.8) is 0 Å². The van der Waals surface area contributed by atoms with Gasteiger partial charge in [0.2, 0.25) is 0 Å². The summed E-state index contributed by atoms with van der Waals surface area (Å²) in [4.78, 5) is 23.1. The Morgan fingerprint density at radius 3 is 2.48 bits per heavy atom. The van der Waals surface area contributed by atoms with Crippen molar-refractivity contribution in [1.82, 2.24) is 5.32 Å². The van der Waals surface area contributed by atoms with Gasteiger partial charge in [0.05, 0.1) is 11.3 Å². The van der Waals surface area contributed by atoms with Crippen LogP contribution in [0, 0.1) is 13.8 Å². The van der Waals surface area contributed by atoms with E-state index in [1.54, 1.807) is 38.1 Å². The van der Waals surface area contributed by atoms with E-state index >= 15 is 0 Å². The van der Waals surface area contributed by atoms with Gasteiger partial charge in [-0.2, -0.15) is 0 Å². The van der Waals surface area contributed by atoms with Crippen LogP contribution in [0.5, 0.6) is 0 Å². The van der Waals surface area contributed by atoms with Crippen molar-refractivity contribution in [2.24, 2.45) is 0 Å². The molecule has 2 rings (SSSR count). The van der Waals surface area contributed by atoms with Gasteiger partial charge in [-0.3, -0.25) is 14.3 Å². The highest BCUT2D eigenvalue weighted by molar-refractivity contribution is 7.92. The monoisotopic (exact) mass is 390 g/mol. The van der Waals surface area contributed by atoms with Crippen molar-refractivity contribution in [3.8, 4) is 0 Å². The summed E-state index contributed by atoms with van der Waals surface area (Å²) in [6.07, 6.45) is -0.204. The summed E-state index contributed by atoms with van der Waals surface area (Å²) < 4.78 is 27.8. The van der Waals surface area contributed by atoms with Crippen molar-refractivity contribution in [3.05, 3.63) is 59.2 Å². The SMILES string of the molecule is Cc1ccc(C)c(S(=O)(=O)Nc2cccc(C(=O)NC(C)CC(=O)O)c2)c1. The van der Waals surface area contributed by atoms with Crippen molar-refractivity contribution >= 4 is 27.6 Å². The Labute approximate surface area is 158 Å². The predicted molar refractivity (Wildman–Crippen MR) is 102 cm³/mol. The number of carboxylic acid groups (broad SMARTS) is 1. The Morgan fingerprint density at radius 2 is 1.81 bits per heavy atom. The number of aryl methyl sites for hydroxylation is 2. The Kier molecular flexibility index (Phi) is 6.22. The second kappa shape index (κ2) is 8.22. The lowest BCUT2D eigenvalue weighted by Crippen LogP contribution is -2.34. The molecule has 8 heteroatoms. The predicted octanol–water partition coefficient (Wildman–Crippen LogP) is 2.70. The van der Waals surface area contributed by atoms with Gasteiger partial charge in [-0.1, -0.05) is 18.2 Å². The minimum Gasteiger partial charge on any atom is -0.481 e. The Morgan fingerprint density at radius 1 is 1.11 bits per heavy atom. The molecule has 0 aliphatic heterocycles. The summed E-state index contributed by atoms with van der Waals surface area (Å²) in [5.74, 6) is -1.49. The first kappa shape index (κ1) is 20.4. The van der Waals surface area contributed by atoms with E-state index in [0.29, 0.717) is 5.56 Å². The molecular weight excluding hydrogens is 368 g/mol. The first-order chi connectivity index (χ1) is 12.6. The number of amides is 1. The number of anilines is 1. The summed E-state index contributed by atoms with van der Waals surface area (Å²) >= 11 is 0. The van der Waals surface area contributed by atoms with Gasteiger partial charge in [0.15, 0.2) is 0 Å². The molecule has 1 unspecified atom stereocenters. The second-order valence-electron chi connectivity index (χ2n) is 6.43. The number of nitrogens with one attached hydrogen (secondary N) is 2. The van der Waals surface area contributed by atoms with Crippen LogP contribution in [0.3, 0.4) is 0 Å². The molecule has 0 aromatic heterocycles. The number of carboxylic acids is 1. The van der Waals surface area contributed by atoms with E-state index in [1.165, 1.54) is 12.1 Å². The van der Waals surface area contributed by atoms with Crippen LogP contribution in [0.1, 0.15) is 34.8 Å². The van der Waals surface area contributed by atoms with Crippen LogP contribution in [-0.4, -0.2) is 31.4 Å². The Balaban J connectivity index is 2.21. The lowest BCUT2D eigenvalue weighted by Gasteiger charge is -2.14. The zero-order valence-corrected chi connectivity index (χ0v) is 16.1. The van der Waals surface area contributed by atoms with Gasteiger partial charge in [0.25, 0.3) is 15.9 Å². The standard InChI is InChI=1S/C19H22N2O5S/c1-12-7-8-13(2)17(9-12)27(25,26)21-16-6-4-5-15(11-16)19(24)20-14(3)10-18(22)23/h4-9,11,14,21H,10H2,1-3H3,(H,20,24)(H,22,23). The van der Waals surface area contributed by atoms with Gasteiger partial charge in [-0.05, 0) is 56.2 Å². The average molecular weight is 390 g/mol. The van der Waals surface area contributed by atoms with Crippen LogP contribution in [-0.2, 0) is 14.8 Å². The number of carbonyl (C=O) groups excluding carboxylic acids is 1. The summed E-state index contributed by atoms with van der Waals surface area (Å²) in [7, 11) is -3.81. The summed E-state index contributed by atoms with van der Waals surface area (Å²) in [5.41, 5.74) is 1.91. The van der Waals surface area contributed by atoms with E-state index < -0.39 is 27.9 Å². The topological polar surface area (TPSA) is 113 Å². The van der Waals surface area contributed by atoms with Crippen LogP contribution in [0.25, 0.3) is 0 Å². The largest absolute Gasteiger partial charge is 0.481 e. The van der Waals surface area contributed by atoms with Crippen LogP contribution < -0.4 is 10.0 Å². The van der Waals surface area contributed by atoms with Crippen LogP contribution in [0.2, 0.25) is 0 Å². The zero-order valence-electron chi connectivity index (χ0n) is 15.3. The molecule has 2 aromatic carbocycles. The van der Waals surface area contributed by atoms with E-state index in [1.807, 2.05) is 13.0 Å². The van der Waals surface area contributed by atoms with Gasteiger partial charge in [0.1, 0.15) is 0 Å². The number of sulfonamides is 1. The van der Waals surface area contributed by atoms with Gasteiger partial charge in [-0.25, -0.2) is 8.42 Å². The maximum Gasteiger partial charge on any atom is 0.305 e. The second-order valence-corrected chi connectivity index (χ2v) is 8.08. The highest BCUT2D eigenvalue weighted by Crippen LogP contribution is 2.21. The third-order valence-corrected chi connectivity index (χ3v) is 5.39. The fourth-order valence-corrected chi connectivity index (χ4v) is 3.93. The Hall–Kier alpha value is -2.87. The fourth-order valence-electron chi connectivity index (χ4n) is 2.55. The maximum atomic E-state index is 12.7. The lowest BCUT2D eigenvalue weighted by atomic mass is 10.1. The third kappa shape index (κ3) is 5.55. The lowest BCUT2D eigenvalue weighted by molar-refractivity contribution is -0.137. The molecule has 0 saturated carbocycles. The van der Waals surface area contributed by atoms with E-state index in [0.717, 1.165) is 5.56 Å². The van der Waals surface area contributed by atoms with Gasteiger partial charge in [0, 0.05) is 17.3 Å². The van der Waals surface area contributed by atoms with Gasteiger partial charge in [-0.15, -0.1) is 0 Å². The molecule has 7 nitrogen and oxygen atoms in total. The van der Waals surface area contributed by atoms with E-state index in [2.05, 4.69) is 10.0 Å². The number of aliphatic carboxylic acids is 1. The molecule has 144 valence electrons. The first-order valence-corrected chi connectivity index (χ1v) is 9.79. The molecule has 0 heterocycles. The molecule has 3 N–H and O–H groups in total. The number of carbonyl (C=O) groups is 2. The number of benzene rings is 2. The number of hydrogen-bond acceptors (Lipinski definition) is 4. The summed E-state index contributed by atoms with van der Waals surface area (Å²) in [5, 5.41) is 11.3. The van der Waals surface area contributed by atoms with Crippen molar-refractivity contribution in [1.29, 1.82) is 0 Å². The molecule has 1 amide bonds. The van der Waals surface area contributed by atoms with Crippen molar-refractivity contribution in [2.75, 3.05) is 4.72 Å². The Bertz CT molecular complexity index is 970. The van der Waals surface area contributed by atoms with Crippen LogP contribution in [0.15, 0.2) is 47.4 Å². The van der Waals surface area contributed by atoms with E-state index in [-0.39, 0.29) is 22.6 Å². The maximum absolute atomic E-state index is 12.7. The summed E-state index contributed by atoms with van der Waals surface area (Å²) in [6.45, 7) is 5.10. The molecule has 0 spiro atoms.